The minimum atomic E-state index is 0.203. The number of methoxy groups -OCH3 is 1. The Kier molecular flexibility index (Phi) is 3.31. The molecule has 2 N–H and O–H groups in total. The summed E-state index contributed by atoms with van der Waals surface area (Å²) in [6.45, 7) is 2.08. The Morgan fingerprint density at radius 3 is 2.82 bits per heavy atom. The van der Waals surface area contributed by atoms with E-state index in [0.717, 1.165) is 11.1 Å². The summed E-state index contributed by atoms with van der Waals surface area (Å²) in [5.74, 6) is 1.46. The fraction of sp³-hybridized carbons (Fsp3) is 0.273. The molecular weight excluding hydrogens is 242 g/mol. The first-order chi connectivity index (χ1) is 8.17. The van der Waals surface area contributed by atoms with E-state index in [1.165, 1.54) is 0 Å². The molecule has 0 aliphatic rings. The van der Waals surface area contributed by atoms with Crippen molar-refractivity contribution in [2.75, 3.05) is 7.11 Å². The van der Waals surface area contributed by atoms with Crippen LogP contribution in [0, 0.1) is 6.92 Å². The molecule has 5 nitrogen and oxygen atoms in total. The highest BCUT2D eigenvalue weighted by Gasteiger charge is 2.17. The van der Waals surface area contributed by atoms with Crippen LogP contribution >= 0.6 is 11.6 Å². The zero-order chi connectivity index (χ0) is 12.4. The van der Waals surface area contributed by atoms with Crippen LogP contribution in [-0.2, 0) is 6.54 Å². The van der Waals surface area contributed by atoms with E-state index < -0.39 is 0 Å². The predicted octanol–water partition coefficient (Wildman–Crippen LogP) is 2.17. The van der Waals surface area contributed by atoms with Crippen LogP contribution in [0.25, 0.3) is 11.4 Å². The summed E-state index contributed by atoms with van der Waals surface area (Å²) in [5.41, 5.74) is 6.99. The van der Waals surface area contributed by atoms with Crippen molar-refractivity contribution in [1.29, 1.82) is 0 Å². The Morgan fingerprint density at radius 2 is 2.24 bits per heavy atom. The molecule has 0 aliphatic carbocycles. The van der Waals surface area contributed by atoms with Gasteiger partial charge in [-0.1, -0.05) is 16.8 Å². The molecule has 0 saturated heterocycles. The average Bonchev–Trinajstić information content (AvgIpc) is 2.80. The van der Waals surface area contributed by atoms with Crippen LogP contribution in [0.4, 0.5) is 0 Å². The van der Waals surface area contributed by atoms with Crippen molar-refractivity contribution in [1.82, 2.24) is 10.1 Å². The van der Waals surface area contributed by atoms with Gasteiger partial charge in [-0.2, -0.15) is 4.98 Å². The first-order valence-corrected chi connectivity index (χ1v) is 5.41. The number of hydrogen-bond acceptors (Lipinski definition) is 5. The molecule has 90 valence electrons. The van der Waals surface area contributed by atoms with E-state index in [1.54, 1.807) is 19.2 Å². The third-order valence-corrected chi connectivity index (χ3v) is 2.86. The molecule has 0 atom stereocenters. The number of ether oxygens (including phenoxy) is 1. The Hall–Kier alpha value is -1.59. The number of hydrogen-bond donors (Lipinski definition) is 1. The monoisotopic (exact) mass is 253 g/mol. The van der Waals surface area contributed by atoms with Crippen LogP contribution in [0.15, 0.2) is 16.7 Å². The summed E-state index contributed by atoms with van der Waals surface area (Å²) in [7, 11) is 1.58. The molecule has 1 aromatic carbocycles. The predicted molar refractivity (Wildman–Crippen MR) is 63.9 cm³/mol. The maximum atomic E-state index is 6.07. The molecule has 0 radical (unpaired) electrons. The van der Waals surface area contributed by atoms with Crippen LogP contribution < -0.4 is 10.5 Å². The molecule has 1 aromatic heterocycles. The van der Waals surface area contributed by atoms with E-state index >= 15 is 0 Å². The number of nitrogens with two attached hydrogens (primary N) is 1. The van der Waals surface area contributed by atoms with Crippen molar-refractivity contribution in [3.63, 3.8) is 0 Å². The van der Waals surface area contributed by atoms with E-state index in [9.17, 15) is 0 Å². The number of benzene rings is 1. The summed E-state index contributed by atoms with van der Waals surface area (Å²) < 4.78 is 10.2. The highest BCUT2D eigenvalue weighted by atomic mass is 35.5. The quantitative estimate of drug-likeness (QED) is 0.907. The normalized spacial score (nSPS) is 10.6. The van der Waals surface area contributed by atoms with Crippen LogP contribution in [0.3, 0.4) is 0 Å². The number of aromatic nitrogens is 2. The number of nitrogens with zero attached hydrogens (tertiary/aromatic N) is 2. The van der Waals surface area contributed by atoms with Crippen LogP contribution in [0.5, 0.6) is 5.75 Å². The second-order valence-electron chi connectivity index (χ2n) is 3.47. The van der Waals surface area contributed by atoms with Crippen molar-refractivity contribution >= 4 is 11.6 Å². The minimum absolute atomic E-state index is 0.203. The smallest absolute Gasteiger partial charge is 0.240 e. The molecule has 0 spiro atoms. The Morgan fingerprint density at radius 1 is 1.47 bits per heavy atom. The van der Waals surface area contributed by atoms with Gasteiger partial charge in [-0.25, -0.2) is 0 Å². The molecule has 0 aliphatic heterocycles. The lowest BCUT2D eigenvalue weighted by Gasteiger charge is -2.09. The minimum Gasteiger partial charge on any atom is -0.496 e. The van der Waals surface area contributed by atoms with Gasteiger partial charge in [-0.3, -0.25) is 0 Å². The van der Waals surface area contributed by atoms with Crippen molar-refractivity contribution in [3.05, 3.63) is 28.6 Å². The lowest BCUT2D eigenvalue weighted by atomic mass is 10.1. The molecule has 2 aromatic rings. The summed E-state index contributed by atoms with van der Waals surface area (Å²) in [4.78, 5) is 4.17. The number of rotatable bonds is 3. The highest BCUT2D eigenvalue weighted by molar-refractivity contribution is 6.31. The van der Waals surface area contributed by atoms with Gasteiger partial charge in [0.1, 0.15) is 5.75 Å². The molecule has 0 fully saturated rings. The van der Waals surface area contributed by atoms with Gasteiger partial charge < -0.3 is 15.0 Å². The summed E-state index contributed by atoms with van der Waals surface area (Å²) in [5, 5.41) is 4.49. The van der Waals surface area contributed by atoms with Gasteiger partial charge in [0.25, 0.3) is 0 Å². The van der Waals surface area contributed by atoms with E-state index in [2.05, 4.69) is 10.1 Å². The summed E-state index contributed by atoms with van der Waals surface area (Å²) in [6.07, 6.45) is 0. The van der Waals surface area contributed by atoms with Crippen molar-refractivity contribution in [2.45, 2.75) is 13.5 Å². The lowest BCUT2D eigenvalue weighted by Crippen LogP contribution is -1.97. The zero-order valence-electron chi connectivity index (χ0n) is 9.53. The molecular formula is C11H12ClN3O2. The van der Waals surface area contributed by atoms with Gasteiger partial charge in [-0.05, 0) is 24.6 Å². The Balaban J connectivity index is 2.60. The molecule has 6 heteroatoms. The third-order valence-electron chi connectivity index (χ3n) is 2.45. The van der Waals surface area contributed by atoms with Gasteiger partial charge in [0.05, 0.1) is 19.2 Å². The molecule has 0 amide bonds. The van der Waals surface area contributed by atoms with E-state index in [1.807, 2.05) is 6.92 Å². The highest BCUT2D eigenvalue weighted by Crippen LogP contribution is 2.35. The first kappa shape index (κ1) is 11.9. The molecule has 2 rings (SSSR count). The van der Waals surface area contributed by atoms with E-state index in [-0.39, 0.29) is 6.54 Å². The zero-order valence-corrected chi connectivity index (χ0v) is 10.3. The van der Waals surface area contributed by atoms with Crippen LogP contribution in [0.1, 0.15) is 11.5 Å². The maximum Gasteiger partial charge on any atom is 0.240 e. The first-order valence-electron chi connectivity index (χ1n) is 5.03. The Labute approximate surface area is 104 Å². The third kappa shape index (κ3) is 2.11. The van der Waals surface area contributed by atoms with Gasteiger partial charge >= 0.3 is 0 Å². The van der Waals surface area contributed by atoms with Crippen molar-refractivity contribution in [2.24, 2.45) is 5.73 Å². The molecule has 0 saturated carbocycles. The average molecular weight is 254 g/mol. The van der Waals surface area contributed by atoms with Crippen molar-refractivity contribution in [3.8, 4) is 17.1 Å². The topological polar surface area (TPSA) is 74.2 Å². The summed E-state index contributed by atoms with van der Waals surface area (Å²) >= 11 is 6.07. The molecule has 1 heterocycles. The molecule has 0 bridgehead atoms. The second kappa shape index (κ2) is 4.73. The van der Waals surface area contributed by atoms with Crippen molar-refractivity contribution < 1.29 is 9.26 Å². The van der Waals surface area contributed by atoms with Gasteiger partial charge in [0.2, 0.25) is 11.7 Å². The standard InChI is InChI=1S/C11H12ClN3O2/c1-6-7(12)3-4-8(16-2)10(6)11-14-9(5-13)17-15-11/h3-4H,5,13H2,1-2H3. The van der Waals surface area contributed by atoms with E-state index in [4.69, 9.17) is 26.6 Å². The van der Waals surface area contributed by atoms with Gasteiger partial charge in [0.15, 0.2) is 0 Å². The SMILES string of the molecule is COc1ccc(Cl)c(C)c1-c1noc(CN)n1. The van der Waals surface area contributed by atoms with Crippen LogP contribution in [-0.4, -0.2) is 17.3 Å². The van der Waals surface area contributed by atoms with Gasteiger partial charge in [0, 0.05) is 5.02 Å². The van der Waals surface area contributed by atoms with Crippen LogP contribution in [0.2, 0.25) is 5.02 Å². The molecule has 0 unspecified atom stereocenters. The largest absolute Gasteiger partial charge is 0.496 e. The van der Waals surface area contributed by atoms with E-state index in [0.29, 0.717) is 22.5 Å². The number of halogens is 1. The summed E-state index contributed by atoms with van der Waals surface area (Å²) in [6, 6.07) is 3.53. The van der Waals surface area contributed by atoms with Gasteiger partial charge in [-0.15, -0.1) is 0 Å². The Bertz CT molecular complexity index is 540. The fourth-order valence-corrected chi connectivity index (χ4v) is 1.71. The maximum absolute atomic E-state index is 6.07. The fourth-order valence-electron chi connectivity index (χ4n) is 1.55. The second-order valence-corrected chi connectivity index (χ2v) is 3.87. The molecule has 17 heavy (non-hydrogen) atoms. The lowest BCUT2D eigenvalue weighted by molar-refractivity contribution is 0.379.